The van der Waals surface area contributed by atoms with Crippen LogP contribution in [0.25, 0.3) is 5.69 Å². The van der Waals surface area contributed by atoms with E-state index in [1.165, 1.54) is 12.1 Å². The van der Waals surface area contributed by atoms with Crippen molar-refractivity contribution in [2.45, 2.75) is 22.6 Å². The first-order chi connectivity index (χ1) is 14.4. The maximum absolute atomic E-state index is 13.8. The number of aromatic nitrogens is 2. The molecule has 1 heterocycles. The molecule has 4 nitrogen and oxygen atoms in total. The topological polar surface area (TPSA) is 52.0 Å². The summed E-state index contributed by atoms with van der Waals surface area (Å²) >= 11 is 0. The third kappa shape index (κ3) is 4.02. The van der Waals surface area contributed by atoms with Crippen molar-refractivity contribution in [3.8, 4) is 5.69 Å². The molecule has 4 rings (SSSR count). The number of benzene rings is 3. The van der Waals surface area contributed by atoms with Gasteiger partial charge in [0.1, 0.15) is 11.6 Å². The quantitative estimate of drug-likeness (QED) is 0.448. The molecule has 0 fully saturated rings. The summed E-state index contributed by atoms with van der Waals surface area (Å²) in [5, 5.41) is 0. The zero-order valence-corrected chi connectivity index (χ0v) is 16.7. The minimum atomic E-state index is -3.74. The molecule has 1 aromatic heterocycles. The van der Waals surface area contributed by atoms with Crippen molar-refractivity contribution in [1.29, 1.82) is 0 Å². The molecule has 30 heavy (non-hydrogen) atoms. The molecule has 0 bridgehead atoms. The van der Waals surface area contributed by atoms with Gasteiger partial charge in [-0.2, -0.15) is 0 Å². The van der Waals surface area contributed by atoms with Gasteiger partial charge in [-0.1, -0.05) is 30.3 Å². The molecule has 0 aliphatic rings. The summed E-state index contributed by atoms with van der Waals surface area (Å²) in [5.74, 6) is -1.19. The normalized spacial score (nSPS) is 11.5. The van der Waals surface area contributed by atoms with Crippen LogP contribution < -0.4 is 0 Å². The third-order valence-corrected chi connectivity index (χ3v) is 6.69. The number of para-hydroxylation sites is 1. The Morgan fingerprint density at radius 1 is 0.900 bits per heavy atom. The minimum absolute atomic E-state index is 0.173. The molecular formula is C23H18F2N2O2S. The van der Waals surface area contributed by atoms with Crippen LogP contribution in [0.5, 0.6) is 0 Å². The number of nitrogens with zero attached hydrogens (tertiary/aromatic N) is 2. The monoisotopic (exact) mass is 424 g/mol. The maximum atomic E-state index is 13.8. The third-order valence-electron chi connectivity index (χ3n) is 4.87. The molecule has 0 unspecified atom stereocenters. The smallest absolute Gasteiger partial charge is 0.208 e. The molecule has 0 atom stereocenters. The lowest BCUT2D eigenvalue weighted by atomic mass is 10.0. The molecule has 0 aliphatic heterocycles. The van der Waals surface area contributed by atoms with E-state index in [1.54, 1.807) is 71.8 Å². The van der Waals surface area contributed by atoms with Gasteiger partial charge in [-0.25, -0.2) is 22.2 Å². The predicted octanol–water partition coefficient (Wildman–Crippen LogP) is 4.77. The van der Waals surface area contributed by atoms with E-state index >= 15 is 0 Å². The molecule has 0 amide bonds. The molecule has 152 valence electrons. The van der Waals surface area contributed by atoms with Gasteiger partial charge in [-0.3, -0.25) is 0 Å². The van der Waals surface area contributed by atoms with Crippen molar-refractivity contribution < 1.29 is 17.2 Å². The van der Waals surface area contributed by atoms with E-state index in [2.05, 4.69) is 4.98 Å². The lowest BCUT2D eigenvalue weighted by Crippen LogP contribution is -2.07. The van der Waals surface area contributed by atoms with E-state index < -0.39 is 21.5 Å². The van der Waals surface area contributed by atoms with Gasteiger partial charge in [-0.05, 0) is 54.3 Å². The number of imidazole rings is 1. The van der Waals surface area contributed by atoms with E-state index in [-0.39, 0.29) is 9.79 Å². The Balaban J connectivity index is 1.57. The number of sulfone groups is 1. The second kappa shape index (κ2) is 8.20. The first kappa shape index (κ1) is 20.0. The van der Waals surface area contributed by atoms with Crippen molar-refractivity contribution in [3.05, 3.63) is 108 Å². The number of hydrogen-bond donors (Lipinski definition) is 0. The van der Waals surface area contributed by atoms with Crippen molar-refractivity contribution >= 4 is 9.84 Å². The Labute approximate surface area is 173 Å². The van der Waals surface area contributed by atoms with E-state index in [0.29, 0.717) is 24.1 Å². The summed E-state index contributed by atoms with van der Waals surface area (Å²) in [7, 11) is -3.74. The fraction of sp³-hybridized carbons (Fsp3) is 0.0870. The zero-order chi connectivity index (χ0) is 21.1. The molecular weight excluding hydrogens is 406 g/mol. The summed E-state index contributed by atoms with van der Waals surface area (Å²) in [6.45, 7) is 0. The van der Waals surface area contributed by atoms with Gasteiger partial charge in [0.2, 0.25) is 9.84 Å². The number of halogens is 2. The van der Waals surface area contributed by atoms with Crippen LogP contribution in [0.3, 0.4) is 0 Å². The molecule has 0 radical (unpaired) electrons. The van der Waals surface area contributed by atoms with Crippen molar-refractivity contribution in [1.82, 2.24) is 9.55 Å². The maximum Gasteiger partial charge on any atom is 0.208 e. The highest BCUT2D eigenvalue weighted by atomic mass is 32.2. The molecule has 4 aromatic rings. The van der Waals surface area contributed by atoms with Crippen molar-refractivity contribution in [2.75, 3.05) is 0 Å². The number of hydrogen-bond acceptors (Lipinski definition) is 3. The van der Waals surface area contributed by atoms with Crippen LogP contribution in [0.1, 0.15) is 11.1 Å². The Bertz CT molecular complexity index is 1270. The van der Waals surface area contributed by atoms with Crippen LogP contribution >= 0.6 is 0 Å². The Kier molecular flexibility index (Phi) is 5.46. The highest BCUT2D eigenvalue weighted by Gasteiger charge is 2.21. The van der Waals surface area contributed by atoms with Crippen LogP contribution in [-0.2, 0) is 22.7 Å². The SMILES string of the molecule is O=S(=O)(c1ccc(CCc2ccc(F)cc2F)cc1)c1ccccc1-n1ccnc1. The molecule has 0 N–H and O–H groups in total. The van der Waals surface area contributed by atoms with Gasteiger partial charge in [-0.15, -0.1) is 0 Å². The van der Waals surface area contributed by atoms with Gasteiger partial charge in [0.15, 0.2) is 0 Å². The molecule has 7 heteroatoms. The number of aryl methyl sites for hydroxylation is 2. The van der Waals surface area contributed by atoms with Gasteiger partial charge in [0.05, 0.1) is 21.8 Å². The van der Waals surface area contributed by atoms with E-state index in [1.807, 2.05) is 0 Å². The summed E-state index contributed by atoms with van der Waals surface area (Å²) in [5.41, 5.74) is 1.80. The molecule has 3 aromatic carbocycles. The summed E-state index contributed by atoms with van der Waals surface area (Å²) in [6.07, 6.45) is 5.72. The Morgan fingerprint density at radius 2 is 1.67 bits per heavy atom. The average Bonchev–Trinajstić information content (AvgIpc) is 3.28. The van der Waals surface area contributed by atoms with Gasteiger partial charge < -0.3 is 4.57 Å². The lowest BCUT2D eigenvalue weighted by molar-refractivity contribution is 0.571. The highest BCUT2D eigenvalue weighted by molar-refractivity contribution is 7.91. The molecule has 0 saturated heterocycles. The Morgan fingerprint density at radius 3 is 2.37 bits per heavy atom. The van der Waals surface area contributed by atoms with Crippen molar-refractivity contribution in [3.63, 3.8) is 0 Å². The standard InChI is InChI=1S/C23H18F2N2O2S/c24-19-10-9-18(21(25)15-19)8-5-17-6-11-20(12-7-17)30(28,29)23-4-2-1-3-22(23)27-14-13-26-16-27/h1-4,6-7,9-16H,5,8H2. The van der Waals surface area contributed by atoms with E-state index in [4.69, 9.17) is 0 Å². The largest absolute Gasteiger partial charge is 0.305 e. The molecule has 0 spiro atoms. The zero-order valence-electron chi connectivity index (χ0n) is 15.9. The first-order valence-corrected chi connectivity index (χ1v) is 10.8. The average molecular weight is 424 g/mol. The first-order valence-electron chi connectivity index (χ1n) is 9.30. The van der Waals surface area contributed by atoms with Crippen LogP contribution in [0.15, 0.2) is 95.2 Å². The molecule has 0 aliphatic carbocycles. The van der Waals surface area contributed by atoms with Gasteiger partial charge in [0.25, 0.3) is 0 Å². The summed E-state index contributed by atoms with van der Waals surface area (Å²) in [6, 6.07) is 16.8. The van der Waals surface area contributed by atoms with E-state index in [9.17, 15) is 17.2 Å². The number of rotatable bonds is 6. The molecule has 0 saturated carbocycles. The van der Waals surface area contributed by atoms with Crippen LogP contribution in [0, 0.1) is 11.6 Å². The second-order valence-electron chi connectivity index (χ2n) is 6.82. The van der Waals surface area contributed by atoms with Gasteiger partial charge >= 0.3 is 0 Å². The van der Waals surface area contributed by atoms with Crippen LogP contribution in [0.4, 0.5) is 8.78 Å². The lowest BCUT2D eigenvalue weighted by Gasteiger charge is -2.11. The Hall–Kier alpha value is -3.32. The predicted molar refractivity (Wildman–Crippen MR) is 109 cm³/mol. The highest BCUT2D eigenvalue weighted by Crippen LogP contribution is 2.27. The minimum Gasteiger partial charge on any atom is -0.305 e. The summed E-state index contributed by atoms with van der Waals surface area (Å²) < 4.78 is 54.9. The van der Waals surface area contributed by atoms with Crippen molar-refractivity contribution in [2.24, 2.45) is 0 Å². The fourth-order valence-electron chi connectivity index (χ4n) is 3.27. The summed E-state index contributed by atoms with van der Waals surface area (Å²) in [4.78, 5) is 4.34. The van der Waals surface area contributed by atoms with Crippen LogP contribution in [-0.4, -0.2) is 18.0 Å². The van der Waals surface area contributed by atoms with E-state index in [0.717, 1.165) is 11.6 Å². The second-order valence-corrected chi connectivity index (χ2v) is 8.74. The van der Waals surface area contributed by atoms with Crippen LogP contribution in [0.2, 0.25) is 0 Å². The fourth-order valence-corrected chi connectivity index (χ4v) is 4.72. The van der Waals surface area contributed by atoms with Gasteiger partial charge in [0, 0.05) is 18.5 Å².